The topological polar surface area (TPSA) is 12.4 Å². The Kier molecular flexibility index (Phi) is 3.57. The van der Waals surface area contributed by atoms with E-state index in [0.29, 0.717) is 0 Å². The van der Waals surface area contributed by atoms with Crippen LogP contribution in [0.4, 0.5) is 5.69 Å². The van der Waals surface area contributed by atoms with Gasteiger partial charge >= 0.3 is 0 Å². The van der Waals surface area contributed by atoms with E-state index in [4.69, 9.17) is 4.99 Å². The van der Waals surface area contributed by atoms with Gasteiger partial charge < -0.3 is 0 Å². The van der Waals surface area contributed by atoms with Crippen LogP contribution in [0.25, 0.3) is 10.8 Å². The minimum atomic E-state index is 0.274. The average molecular weight is 327 g/mol. The monoisotopic (exact) mass is 327 g/mol. The predicted molar refractivity (Wildman–Crippen MR) is 108 cm³/mol. The molecule has 0 unspecified atom stereocenters. The van der Waals surface area contributed by atoms with Gasteiger partial charge in [-0.1, -0.05) is 62.2 Å². The van der Waals surface area contributed by atoms with E-state index in [1.54, 1.807) is 0 Å². The van der Waals surface area contributed by atoms with Crippen LogP contribution in [0.2, 0.25) is 0 Å². The molecule has 0 fully saturated rings. The van der Waals surface area contributed by atoms with Crippen LogP contribution < -0.4 is 0 Å². The summed E-state index contributed by atoms with van der Waals surface area (Å²) in [4.78, 5) is 5.00. The maximum Gasteiger partial charge on any atom is 0.0789 e. The van der Waals surface area contributed by atoms with Gasteiger partial charge in [-0.3, -0.25) is 0 Å². The minimum Gasteiger partial charge on any atom is -0.247 e. The second kappa shape index (κ2) is 5.56. The van der Waals surface area contributed by atoms with Gasteiger partial charge in [0.25, 0.3) is 0 Å². The molecule has 0 amide bonds. The van der Waals surface area contributed by atoms with Crippen molar-refractivity contribution in [1.29, 1.82) is 0 Å². The molecule has 4 rings (SSSR count). The maximum absolute atomic E-state index is 5.00. The predicted octanol–water partition coefficient (Wildman–Crippen LogP) is 6.53. The third kappa shape index (κ3) is 2.89. The van der Waals surface area contributed by atoms with Crippen molar-refractivity contribution in [3.63, 3.8) is 0 Å². The van der Waals surface area contributed by atoms with Crippen molar-refractivity contribution >= 4 is 22.2 Å². The lowest BCUT2D eigenvalue weighted by Gasteiger charge is -2.20. The Morgan fingerprint density at radius 2 is 1.60 bits per heavy atom. The van der Waals surface area contributed by atoms with Crippen molar-refractivity contribution in [2.45, 2.75) is 41.0 Å². The second-order valence-corrected chi connectivity index (χ2v) is 8.55. The molecule has 126 valence electrons. The van der Waals surface area contributed by atoms with Crippen LogP contribution in [0, 0.1) is 19.3 Å². The second-order valence-electron chi connectivity index (χ2n) is 8.55. The lowest BCUT2D eigenvalue weighted by Crippen LogP contribution is -2.10. The Morgan fingerprint density at radius 1 is 0.880 bits per heavy atom. The summed E-state index contributed by atoms with van der Waals surface area (Å²) in [6.45, 7) is 11.2. The molecule has 1 aliphatic heterocycles. The zero-order valence-electron chi connectivity index (χ0n) is 15.8. The molecule has 3 aromatic rings. The largest absolute Gasteiger partial charge is 0.247 e. The molecule has 3 aromatic carbocycles. The van der Waals surface area contributed by atoms with E-state index < -0.39 is 0 Å². The van der Waals surface area contributed by atoms with Crippen LogP contribution >= 0.6 is 0 Å². The van der Waals surface area contributed by atoms with Crippen molar-refractivity contribution in [3.8, 4) is 0 Å². The molecular weight excluding hydrogens is 302 g/mol. The molecule has 25 heavy (non-hydrogen) atoms. The highest BCUT2D eigenvalue weighted by Crippen LogP contribution is 2.40. The molecule has 0 aromatic heterocycles. The molecule has 1 heterocycles. The number of hydrogen-bond acceptors (Lipinski definition) is 1. The quantitative estimate of drug-likeness (QED) is 0.397. The lowest BCUT2D eigenvalue weighted by molar-refractivity contribution is 0.412. The normalized spacial score (nSPS) is 13.4. The molecule has 1 aliphatic rings. The van der Waals surface area contributed by atoms with Gasteiger partial charge in [-0.2, -0.15) is 0 Å². The van der Waals surface area contributed by atoms with Crippen LogP contribution in [-0.2, 0) is 6.42 Å². The average Bonchev–Trinajstić information content (AvgIpc) is 2.88. The Morgan fingerprint density at radius 3 is 2.28 bits per heavy atom. The summed E-state index contributed by atoms with van der Waals surface area (Å²) in [5.74, 6) is 0. The van der Waals surface area contributed by atoms with Gasteiger partial charge in [0.1, 0.15) is 0 Å². The standard InChI is InChI=1S/C24H25N/c1-15-11-16(2)13-18(12-15)23-20-10-9-17(14-24(3,4)5)19-7-6-8-21(25-23)22(19)20/h6-13H,14H2,1-5H3. The lowest BCUT2D eigenvalue weighted by atomic mass is 9.85. The van der Waals surface area contributed by atoms with E-state index in [9.17, 15) is 0 Å². The van der Waals surface area contributed by atoms with Crippen LogP contribution in [0.5, 0.6) is 0 Å². The van der Waals surface area contributed by atoms with Gasteiger partial charge in [0.15, 0.2) is 0 Å². The van der Waals surface area contributed by atoms with Gasteiger partial charge in [0.05, 0.1) is 11.4 Å². The van der Waals surface area contributed by atoms with Gasteiger partial charge in [-0.25, -0.2) is 4.99 Å². The Labute approximate surface area is 150 Å². The smallest absolute Gasteiger partial charge is 0.0789 e. The zero-order chi connectivity index (χ0) is 17.8. The third-order valence-corrected chi connectivity index (χ3v) is 4.81. The Hall–Kier alpha value is -2.41. The van der Waals surface area contributed by atoms with Crippen molar-refractivity contribution in [1.82, 2.24) is 0 Å². The van der Waals surface area contributed by atoms with E-state index >= 15 is 0 Å². The van der Waals surface area contributed by atoms with Gasteiger partial charge in [0, 0.05) is 16.5 Å². The number of benzene rings is 3. The van der Waals surface area contributed by atoms with E-state index in [2.05, 4.69) is 83.1 Å². The third-order valence-electron chi connectivity index (χ3n) is 4.81. The maximum atomic E-state index is 5.00. The number of rotatable bonds is 2. The molecule has 0 saturated carbocycles. The molecule has 0 spiro atoms. The number of hydrogen-bond donors (Lipinski definition) is 0. The fraction of sp³-hybridized carbons (Fsp3) is 0.292. The van der Waals surface area contributed by atoms with Gasteiger partial charge in [-0.05, 0) is 54.8 Å². The molecule has 0 bridgehead atoms. The van der Waals surface area contributed by atoms with E-state index in [1.165, 1.54) is 38.6 Å². The zero-order valence-corrected chi connectivity index (χ0v) is 15.8. The number of aryl methyl sites for hydroxylation is 2. The van der Waals surface area contributed by atoms with Crippen molar-refractivity contribution in [3.05, 3.63) is 76.3 Å². The first-order valence-corrected chi connectivity index (χ1v) is 9.04. The summed E-state index contributed by atoms with van der Waals surface area (Å²) in [6, 6.07) is 17.8. The highest BCUT2D eigenvalue weighted by Gasteiger charge is 2.22. The first-order chi connectivity index (χ1) is 11.8. The molecule has 0 aliphatic carbocycles. The van der Waals surface area contributed by atoms with Crippen molar-refractivity contribution in [2.75, 3.05) is 0 Å². The fourth-order valence-electron chi connectivity index (χ4n) is 3.98. The first kappa shape index (κ1) is 16.1. The molecule has 0 saturated heterocycles. The molecular formula is C24H25N. The molecule has 1 heteroatoms. The molecule has 0 atom stereocenters. The SMILES string of the molecule is Cc1cc(C)cc(C2=Nc3cccc4c(CC(C)(C)C)ccc2c34)c1. The van der Waals surface area contributed by atoms with Crippen molar-refractivity contribution in [2.24, 2.45) is 10.4 Å². The Bertz CT molecular complexity index is 996. The van der Waals surface area contributed by atoms with Gasteiger partial charge in [0.2, 0.25) is 0 Å². The van der Waals surface area contributed by atoms with E-state index in [-0.39, 0.29) is 5.41 Å². The molecule has 0 radical (unpaired) electrons. The van der Waals surface area contributed by atoms with Crippen molar-refractivity contribution < 1.29 is 0 Å². The van der Waals surface area contributed by atoms with Crippen LogP contribution in [-0.4, -0.2) is 5.71 Å². The fourth-order valence-corrected chi connectivity index (χ4v) is 3.98. The first-order valence-electron chi connectivity index (χ1n) is 9.04. The van der Waals surface area contributed by atoms with Gasteiger partial charge in [-0.15, -0.1) is 0 Å². The minimum absolute atomic E-state index is 0.274. The Balaban J connectivity index is 1.91. The summed E-state index contributed by atoms with van der Waals surface area (Å²) in [5.41, 5.74) is 8.98. The highest BCUT2D eigenvalue weighted by molar-refractivity contribution is 6.26. The van der Waals surface area contributed by atoms with E-state index in [1.807, 2.05) is 0 Å². The summed E-state index contributed by atoms with van der Waals surface area (Å²) >= 11 is 0. The van der Waals surface area contributed by atoms with Crippen LogP contribution in [0.1, 0.15) is 48.6 Å². The summed E-state index contributed by atoms with van der Waals surface area (Å²) in [6.07, 6.45) is 1.08. The number of aliphatic imine (C=N–C) groups is 1. The highest BCUT2D eigenvalue weighted by atomic mass is 14.8. The number of nitrogens with zero attached hydrogens (tertiary/aromatic N) is 1. The van der Waals surface area contributed by atoms with Crippen LogP contribution in [0.3, 0.4) is 0 Å². The summed E-state index contributed by atoms with van der Waals surface area (Å²) in [5, 5.41) is 2.67. The summed E-state index contributed by atoms with van der Waals surface area (Å²) in [7, 11) is 0. The van der Waals surface area contributed by atoms with Crippen LogP contribution in [0.15, 0.2) is 53.5 Å². The molecule has 0 N–H and O–H groups in total. The molecule has 1 nitrogen and oxygen atoms in total. The van der Waals surface area contributed by atoms with E-state index in [0.717, 1.165) is 17.8 Å². The summed E-state index contributed by atoms with van der Waals surface area (Å²) < 4.78 is 0.